The Bertz CT molecular complexity index is 382. The van der Waals surface area contributed by atoms with Gasteiger partial charge in [0.1, 0.15) is 5.75 Å². The van der Waals surface area contributed by atoms with E-state index in [1.54, 1.807) is 12.1 Å². The third-order valence-electron chi connectivity index (χ3n) is 3.19. The predicted molar refractivity (Wildman–Crippen MR) is 73.7 cm³/mol. The third kappa shape index (κ3) is 3.70. The zero-order valence-electron chi connectivity index (χ0n) is 11.6. The first-order chi connectivity index (χ1) is 8.32. The van der Waals surface area contributed by atoms with Gasteiger partial charge in [-0.15, -0.1) is 0 Å². The molecule has 0 saturated heterocycles. The number of aryl methyl sites for hydroxylation is 2. The van der Waals surface area contributed by atoms with Gasteiger partial charge in [0, 0.05) is 6.04 Å². The number of aliphatic hydroxyl groups excluding tert-OH is 1. The largest absolute Gasteiger partial charge is 0.508 e. The maximum absolute atomic E-state index is 10.3. The maximum Gasteiger partial charge on any atom is 0.116 e. The Balaban J connectivity index is 2.86. The molecule has 1 rings (SSSR count). The highest BCUT2D eigenvalue weighted by Gasteiger charge is 2.21. The molecule has 0 aromatic heterocycles. The number of aliphatic hydroxyl groups is 1. The van der Waals surface area contributed by atoms with E-state index in [2.05, 4.69) is 0 Å². The molecule has 0 aliphatic carbocycles. The Morgan fingerprint density at radius 2 is 1.72 bits per heavy atom. The molecule has 4 nitrogen and oxygen atoms in total. The molecule has 0 radical (unpaired) electrons. The van der Waals surface area contributed by atoms with Gasteiger partial charge in [0.2, 0.25) is 0 Å². The van der Waals surface area contributed by atoms with Gasteiger partial charge in [-0.3, -0.25) is 0 Å². The van der Waals surface area contributed by atoms with E-state index in [9.17, 15) is 10.2 Å². The minimum absolute atomic E-state index is 0.225. The zero-order chi connectivity index (χ0) is 13.9. The molecule has 0 heterocycles. The highest BCUT2D eigenvalue weighted by atomic mass is 16.3. The average Bonchev–Trinajstić information content (AvgIpc) is 2.24. The third-order valence-corrected chi connectivity index (χ3v) is 3.19. The van der Waals surface area contributed by atoms with Crippen LogP contribution in [0.1, 0.15) is 29.2 Å². The molecule has 0 amide bonds. The van der Waals surface area contributed by atoms with Gasteiger partial charge in [-0.25, -0.2) is 0 Å². The van der Waals surface area contributed by atoms with Crippen molar-refractivity contribution in [3.63, 3.8) is 0 Å². The number of benzene rings is 1. The van der Waals surface area contributed by atoms with Gasteiger partial charge in [-0.05, 0) is 69.7 Å². The minimum atomic E-state index is -0.689. The Morgan fingerprint density at radius 3 is 2.17 bits per heavy atom. The summed E-state index contributed by atoms with van der Waals surface area (Å²) in [5.74, 6) is 0.225. The zero-order valence-corrected chi connectivity index (χ0v) is 11.6. The second-order valence-electron chi connectivity index (χ2n) is 5.19. The molecule has 0 spiro atoms. The summed E-state index contributed by atoms with van der Waals surface area (Å²) < 4.78 is 0. The van der Waals surface area contributed by atoms with E-state index in [-0.39, 0.29) is 11.8 Å². The van der Waals surface area contributed by atoms with Crippen molar-refractivity contribution in [2.45, 2.75) is 32.4 Å². The first-order valence-electron chi connectivity index (χ1n) is 6.21. The van der Waals surface area contributed by atoms with Crippen molar-refractivity contribution >= 4 is 0 Å². The van der Waals surface area contributed by atoms with Crippen LogP contribution in [-0.4, -0.2) is 41.8 Å². The van der Waals surface area contributed by atoms with Gasteiger partial charge in [0.25, 0.3) is 0 Å². The Labute approximate surface area is 109 Å². The lowest BCUT2D eigenvalue weighted by Crippen LogP contribution is -2.32. The van der Waals surface area contributed by atoms with Gasteiger partial charge < -0.3 is 20.8 Å². The van der Waals surface area contributed by atoms with Crippen LogP contribution in [0.3, 0.4) is 0 Å². The molecule has 4 heteroatoms. The SMILES string of the molecule is Cc1cc(O)cc(C)c1C(O)C(N)CCN(C)C. The molecular formula is C14H24N2O2. The van der Waals surface area contributed by atoms with E-state index in [1.165, 1.54) is 0 Å². The quantitative estimate of drug-likeness (QED) is 0.739. The van der Waals surface area contributed by atoms with E-state index >= 15 is 0 Å². The first-order valence-corrected chi connectivity index (χ1v) is 6.21. The van der Waals surface area contributed by atoms with Crippen LogP contribution >= 0.6 is 0 Å². The van der Waals surface area contributed by atoms with E-state index in [4.69, 9.17) is 5.73 Å². The van der Waals surface area contributed by atoms with Gasteiger partial charge >= 0.3 is 0 Å². The van der Waals surface area contributed by atoms with Crippen LogP contribution in [0.5, 0.6) is 5.75 Å². The second kappa shape index (κ2) is 6.18. The summed E-state index contributed by atoms with van der Waals surface area (Å²) in [6.45, 7) is 4.60. The van der Waals surface area contributed by atoms with Crippen LogP contribution in [0.4, 0.5) is 0 Å². The van der Waals surface area contributed by atoms with E-state index in [0.29, 0.717) is 0 Å². The minimum Gasteiger partial charge on any atom is -0.508 e. The molecule has 2 atom stereocenters. The summed E-state index contributed by atoms with van der Waals surface area (Å²) in [6, 6.07) is 3.02. The topological polar surface area (TPSA) is 69.7 Å². The first kappa shape index (κ1) is 15.0. The molecule has 18 heavy (non-hydrogen) atoms. The molecule has 0 aliphatic heterocycles. The van der Waals surface area contributed by atoms with Gasteiger partial charge in [0.15, 0.2) is 0 Å². The fraction of sp³-hybridized carbons (Fsp3) is 0.571. The molecule has 102 valence electrons. The second-order valence-corrected chi connectivity index (χ2v) is 5.19. The van der Waals surface area contributed by atoms with Crippen LogP contribution in [0.25, 0.3) is 0 Å². The molecular weight excluding hydrogens is 228 g/mol. The van der Waals surface area contributed by atoms with Crippen LogP contribution in [0.2, 0.25) is 0 Å². The molecule has 0 aliphatic rings. The maximum atomic E-state index is 10.3. The predicted octanol–water partition coefficient (Wildman–Crippen LogP) is 1.32. The highest BCUT2D eigenvalue weighted by molar-refractivity contribution is 5.42. The van der Waals surface area contributed by atoms with Gasteiger partial charge in [-0.2, -0.15) is 0 Å². The van der Waals surface area contributed by atoms with E-state index in [1.807, 2.05) is 32.8 Å². The fourth-order valence-electron chi connectivity index (χ4n) is 2.20. The summed E-state index contributed by atoms with van der Waals surface area (Å²) in [5, 5.41) is 19.8. The van der Waals surface area contributed by atoms with Crippen molar-refractivity contribution in [1.29, 1.82) is 0 Å². The summed E-state index contributed by atoms with van der Waals surface area (Å²) in [4.78, 5) is 2.04. The number of nitrogens with zero attached hydrogens (tertiary/aromatic N) is 1. The fourth-order valence-corrected chi connectivity index (χ4v) is 2.20. The average molecular weight is 252 g/mol. The van der Waals surface area contributed by atoms with Gasteiger partial charge in [-0.1, -0.05) is 0 Å². The summed E-state index contributed by atoms with van der Waals surface area (Å²) >= 11 is 0. The van der Waals surface area contributed by atoms with Crippen LogP contribution in [-0.2, 0) is 0 Å². The van der Waals surface area contributed by atoms with Crippen molar-refractivity contribution in [1.82, 2.24) is 4.90 Å². The lowest BCUT2D eigenvalue weighted by Gasteiger charge is -2.24. The standard InChI is InChI=1S/C14H24N2O2/c1-9-7-11(17)8-10(2)13(9)14(18)12(15)5-6-16(3)4/h7-8,12,14,17-18H,5-6,15H2,1-4H3. The van der Waals surface area contributed by atoms with Crippen LogP contribution in [0, 0.1) is 13.8 Å². The lowest BCUT2D eigenvalue weighted by atomic mass is 9.92. The molecule has 0 bridgehead atoms. The van der Waals surface area contributed by atoms with Crippen LogP contribution < -0.4 is 5.73 Å². The molecule has 0 saturated carbocycles. The molecule has 2 unspecified atom stereocenters. The summed E-state index contributed by atoms with van der Waals surface area (Å²) in [6.07, 6.45) is 0.0408. The Kier molecular flexibility index (Phi) is 5.14. The van der Waals surface area contributed by atoms with Crippen molar-refractivity contribution < 1.29 is 10.2 Å². The number of nitrogens with two attached hydrogens (primary N) is 1. The smallest absolute Gasteiger partial charge is 0.116 e. The number of phenolic OH excluding ortho intramolecular Hbond substituents is 1. The molecule has 4 N–H and O–H groups in total. The highest BCUT2D eigenvalue weighted by Crippen LogP contribution is 2.28. The Morgan fingerprint density at radius 1 is 1.22 bits per heavy atom. The monoisotopic (exact) mass is 252 g/mol. The summed E-state index contributed by atoms with van der Waals surface area (Å²) in [5.41, 5.74) is 8.62. The van der Waals surface area contributed by atoms with Crippen molar-refractivity contribution in [2.24, 2.45) is 5.73 Å². The number of hydrogen-bond donors (Lipinski definition) is 3. The van der Waals surface area contributed by atoms with Crippen LogP contribution in [0.15, 0.2) is 12.1 Å². The van der Waals surface area contributed by atoms with Crippen molar-refractivity contribution in [3.05, 3.63) is 28.8 Å². The normalized spacial score (nSPS) is 14.8. The Hall–Kier alpha value is -1.10. The molecule has 0 fully saturated rings. The molecule has 1 aromatic carbocycles. The lowest BCUT2D eigenvalue weighted by molar-refractivity contribution is 0.136. The summed E-state index contributed by atoms with van der Waals surface area (Å²) in [7, 11) is 3.96. The number of phenols is 1. The number of aromatic hydroxyl groups is 1. The van der Waals surface area contributed by atoms with E-state index in [0.717, 1.165) is 29.7 Å². The number of hydrogen-bond acceptors (Lipinski definition) is 4. The van der Waals surface area contributed by atoms with Gasteiger partial charge in [0.05, 0.1) is 6.10 Å². The molecule has 1 aromatic rings. The van der Waals surface area contributed by atoms with E-state index < -0.39 is 6.10 Å². The van der Waals surface area contributed by atoms with Crippen molar-refractivity contribution in [3.8, 4) is 5.75 Å². The van der Waals surface area contributed by atoms with Crippen molar-refractivity contribution in [2.75, 3.05) is 20.6 Å². The number of rotatable bonds is 5.